The number of urea groups is 1. The first kappa shape index (κ1) is 15.3. The molecule has 0 aliphatic rings. The van der Waals surface area contributed by atoms with Gasteiger partial charge in [0.2, 0.25) is 5.91 Å². The van der Waals surface area contributed by atoms with Gasteiger partial charge in [0.15, 0.2) is 0 Å². The van der Waals surface area contributed by atoms with Crippen LogP contribution in [-0.2, 0) is 4.79 Å². The first-order chi connectivity index (χ1) is 8.90. The molecule has 0 heterocycles. The minimum absolute atomic E-state index is 0.0868. The molecule has 0 saturated heterocycles. The summed E-state index contributed by atoms with van der Waals surface area (Å²) < 4.78 is 0. The molecule has 0 bridgehead atoms. The number of benzene rings is 1. The molecule has 0 aromatic heterocycles. The molecule has 0 fully saturated rings. The lowest BCUT2D eigenvalue weighted by Crippen LogP contribution is -2.44. The highest BCUT2D eigenvalue weighted by Gasteiger charge is 2.09. The van der Waals surface area contributed by atoms with Crippen molar-refractivity contribution in [1.29, 1.82) is 0 Å². The van der Waals surface area contributed by atoms with Gasteiger partial charge in [-0.05, 0) is 31.5 Å². The number of hydrogen-bond acceptors (Lipinski definition) is 3. The van der Waals surface area contributed by atoms with Gasteiger partial charge < -0.3 is 10.4 Å². The van der Waals surface area contributed by atoms with Crippen LogP contribution in [0.2, 0.25) is 5.02 Å². The van der Waals surface area contributed by atoms with Crippen LogP contribution in [0, 0.1) is 6.92 Å². The molecule has 0 saturated carbocycles. The second kappa shape index (κ2) is 6.96. The molecule has 1 aromatic rings. The number of carbonyl (C=O) groups is 2. The van der Waals surface area contributed by atoms with E-state index in [2.05, 4.69) is 16.2 Å². The van der Waals surface area contributed by atoms with Crippen molar-refractivity contribution in [3.63, 3.8) is 0 Å². The molecule has 1 rings (SSSR count). The number of hydrogen-bond donors (Lipinski definition) is 4. The Morgan fingerprint density at radius 1 is 1.37 bits per heavy atom. The minimum Gasteiger partial charge on any atom is -0.393 e. The van der Waals surface area contributed by atoms with Crippen molar-refractivity contribution in [2.75, 3.05) is 5.32 Å². The van der Waals surface area contributed by atoms with Crippen LogP contribution in [-0.4, -0.2) is 23.1 Å². The molecule has 7 heteroatoms. The fourth-order valence-electron chi connectivity index (χ4n) is 1.34. The standard InChI is InChI=1S/C12H16ClN3O3/c1-7(17)6-11(18)15-16-12(19)14-10-5-3-4-9(13)8(10)2/h3-5,7,17H,6H2,1-2H3,(H,15,18)(H2,14,16,19)/t7-/m0/s1. The maximum absolute atomic E-state index is 11.5. The monoisotopic (exact) mass is 285 g/mol. The van der Waals surface area contributed by atoms with E-state index in [1.807, 2.05) is 0 Å². The van der Waals surface area contributed by atoms with Crippen molar-refractivity contribution in [3.8, 4) is 0 Å². The zero-order valence-electron chi connectivity index (χ0n) is 10.7. The summed E-state index contributed by atoms with van der Waals surface area (Å²) in [6, 6.07) is 4.52. The summed E-state index contributed by atoms with van der Waals surface area (Å²) in [4.78, 5) is 22.7. The average molecular weight is 286 g/mol. The first-order valence-corrected chi connectivity index (χ1v) is 6.07. The van der Waals surface area contributed by atoms with E-state index in [4.69, 9.17) is 16.7 Å². The van der Waals surface area contributed by atoms with E-state index in [0.29, 0.717) is 10.7 Å². The SMILES string of the molecule is Cc1c(Cl)cccc1NC(=O)NNC(=O)C[C@H](C)O. The van der Waals surface area contributed by atoms with Crippen molar-refractivity contribution in [3.05, 3.63) is 28.8 Å². The number of anilines is 1. The third kappa shape index (κ3) is 5.15. The summed E-state index contributed by atoms with van der Waals surface area (Å²) in [5.74, 6) is -0.479. The molecule has 0 aliphatic carbocycles. The number of carbonyl (C=O) groups excluding carboxylic acids is 2. The molecule has 0 unspecified atom stereocenters. The predicted molar refractivity (Wildman–Crippen MR) is 72.8 cm³/mol. The smallest absolute Gasteiger partial charge is 0.337 e. The summed E-state index contributed by atoms with van der Waals surface area (Å²) in [5.41, 5.74) is 5.64. The van der Waals surface area contributed by atoms with E-state index >= 15 is 0 Å². The normalized spacial score (nSPS) is 11.6. The Kier molecular flexibility index (Phi) is 5.59. The Balaban J connectivity index is 2.48. The Morgan fingerprint density at radius 3 is 2.68 bits per heavy atom. The number of nitrogens with one attached hydrogen (secondary N) is 3. The Bertz CT molecular complexity index is 477. The van der Waals surface area contributed by atoms with Crippen LogP contribution in [0.4, 0.5) is 10.5 Å². The van der Waals surface area contributed by atoms with E-state index in [-0.39, 0.29) is 6.42 Å². The van der Waals surface area contributed by atoms with E-state index in [1.165, 1.54) is 6.92 Å². The van der Waals surface area contributed by atoms with Gasteiger partial charge in [0, 0.05) is 10.7 Å². The van der Waals surface area contributed by atoms with Crippen LogP contribution < -0.4 is 16.2 Å². The van der Waals surface area contributed by atoms with Gasteiger partial charge >= 0.3 is 6.03 Å². The highest BCUT2D eigenvalue weighted by atomic mass is 35.5. The number of amides is 3. The fourth-order valence-corrected chi connectivity index (χ4v) is 1.52. The number of hydrazine groups is 1. The van der Waals surface area contributed by atoms with Gasteiger partial charge in [0.25, 0.3) is 0 Å². The summed E-state index contributed by atoms with van der Waals surface area (Å²) in [6.07, 6.45) is -0.851. The van der Waals surface area contributed by atoms with Gasteiger partial charge in [-0.1, -0.05) is 17.7 Å². The molecule has 0 spiro atoms. The molecule has 6 nitrogen and oxygen atoms in total. The van der Waals surface area contributed by atoms with Crippen LogP contribution in [0.15, 0.2) is 18.2 Å². The zero-order valence-corrected chi connectivity index (χ0v) is 11.4. The average Bonchev–Trinajstić information content (AvgIpc) is 2.32. The third-order valence-corrected chi connectivity index (χ3v) is 2.72. The Morgan fingerprint density at radius 2 is 2.05 bits per heavy atom. The van der Waals surface area contributed by atoms with Crippen molar-refractivity contribution >= 4 is 29.2 Å². The molecule has 1 aromatic carbocycles. The quantitative estimate of drug-likeness (QED) is 0.636. The minimum atomic E-state index is -0.764. The second-order valence-corrected chi connectivity index (χ2v) is 4.50. The zero-order chi connectivity index (χ0) is 14.4. The van der Waals surface area contributed by atoms with Crippen molar-refractivity contribution in [1.82, 2.24) is 10.9 Å². The highest BCUT2D eigenvalue weighted by molar-refractivity contribution is 6.31. The van der Waals surface area contributed by atoms with Crippen LogP contribution in [0.1, 0.15) is 18.9 Å². The Hall–Kier alpha value is -1.79. The Labute approximate surface area is 116 Å². The molecule has 0 radical (unpaired) electrons. The van der Waals surface area contributed by atoms with Gasteiger partial charge in [-0.2, -0.15) is 0 Å². The van der Waals surface area contributed by atoms with E-state index in [1.54, 1.807) is 25.1 Å². The topological polar surface area (TPSA) is 90.5 Å². The van der Waals surface area contributed by atoms with Gasteiger partial charge in [-0.3, -0.25) is 10.2 Å². The fraction of sp³-hybridized carbons (Fsp3) is 0.333. The van der Waals surface area contributed by atoms with Crippen LogP contribution >= 0.6 is 11.6 Å². The number of aliphatic hydroxyl groups excluding tert-OH is 1. The summed E-state index contributed by atoms with van der Waals surface area (Å²) in [5, 5.41) is 12.1. The first-order valence-electron chi connectivity index (χ1n) is 5.69. The lowest BCUT2D eigenvalue weighted by molar-refractivity contribution is -0.123. The van der Waals surface area contributed by atoms with Crippen LogP contribution in [0.5, 0.6) is 0 Å². The number of rotatable bonds is 3. The van der Waals surface area contributed by atoms with E-state index in [9.17, 15) is 9.59 Å². The van der Waals surface area contributed by atoms with Crippen molar-refractivity contribution < 1.29 is 14.7 Å². The summed E-state index contributed by atoms with van der Waals surface area (Å²) in [6.45, 7) is 3.25. The second-order valence-electron chi connectivity index (χ2n) is 4.09. The molecule has 4 N–H and O–H groups in total. The molecule has 3 amide bonds. The van der Waals surface area contributed by atoms with Gasteiger partial charge in [0.05, 0.1) is 12.5 Å². The summed E-state index contributed by atoms with van der Waals surface area (Å²) in [7, 11) is 0. The largest absolute Gasteiger partial charge is 0.393 e. The van der Waals surface area contributed by atoms with Gasteiger partial charge in [-0.15, -0.1) is 0 Å². The maximum atomic E-state index is 11.5. The summed E-state index contributed by atoms with van der Waals surface area (Å²) >= 11 is 5.91. The molecular formula is C12H16ClN3O3. The molecule has 0 aliphatic heterocycles. The van der Waals surface area contributed by atoms with Gasteiger partial charge in [-0.25, -0.2) is 10.2 Å². The molecule has 104 valence electrons. The molecule has 19 heavy (non-hydrogen) atoms. The molecule has 1 atom stereocenters. The van der Waals surface area contributed by atoms with E-state index < -0.39 is 18.0 Å². The predicted octanol–water partition coefficient (Wildman–Crippen LogP) is 1.57. The number of aliphatic hydroxyl groups is 1. The third-order valence-electron chi connectivity index (χ3n) is 2.31. The van der Waals surface area contributed by atoms with E-state index in [0.717, 1.165) is 5.56 Å². The van der Waals surface area contributed by atoms with Crippen molar-refractivity contribution in [2.45, 2.75) is 26.4 Å². The highest BCUT2D eigenvalue weighted by Crippen LogP contribution is 2.22. The lowest BCUT2D eigenvalue weighted by atomic mass is 10.2. The van der Waals surface area contributed by atoms with Crippen LogP contribution in [0.25, 0.3) is 0 Å². The molecular weight excluding hydrogens is 270 g/mol. The van der Waals surface area contributed by atoms with Gasteiger partial charge in [0.1, 0.15) is 0 Å². The van der Waals surface area contributed by atoms with Crippen molar-refractivity contribution in [2.24, 2.45) is 0 Å². The van der Waals surface area contributed by atoms with Crippen LogP contribution in [0.3, 0.4) is 0 Å². The maximum Gasteiger partial charge on any atom is 0.337 e. The lowest BCUT2D eigenvalue weighted by Gasteiger charge is -2.11. The number of halogens is 1.